The van der Waals surface area contributed by atoms with Crippen LogP contribution < -0.4 is 0 Å². The number of ether oxygens (including phenoxy) is 1. The third-order valence-corrected chi connectivity index (χ3v) is 3.24. The van der Waals surface area contributed by atoms with E-state index in [-0.39, 0.29) is 18.4 Å². The van der Waals surface area contributed by atoms with Crippen LogP contribution in [0.15, 0.2) is 30.3 Å². The molecule has 0 atom stereocenters. The quantitative estimate of drug-likeness (QED) is 0.707. The lowest BCUT2D eigenvalue weighted by Gasteiger charge is -2.07. The summed E-state index contributed by atoms with van der Waals surface area (Å²) < 4.78 is 7.05. The molecule has 0 aliphatic carbocycles. The first-order valence-electron chi connectivity index (χ1n) is 7.57. The van der Waals surface area contributed by atoms with Crippen LogP contribution in [-0.4, -0.2) is 38.7 Å². The molecule has 2 aromatic rings. The third-order valence-electron chi connectivity index (χ3n) is 3.24. The van der Waals surface area contributed by atoms with Gasteiger partial charge in [-0.05, 0) is 36.3 Å². The second-order valence-corrected chi connectivity index (χ2v) is 5.45. The lowest BCUT2D eigenvalue weighted by Crippen LogP contribution is -2.16. The highest BCUT2D eigenvalue weighted by molar-refractivity contribution is 5.78. The minimum atomic E-state index is 0.127. The maximum atomic E-state index is 12.1. The Kier molecular flexibility index (Phi) is 6.21. The minimum Gasteiger partial charge on any atom is -0.378 e. The normalized spacial score (nSPS) is 11.0. The molecular weight excluding hydrogens is 280 g/mol. The van der Waals surface area contributed by atoms with Gasteiger partial charge in [-0.15, -0.1) is 5.10 Å². The summed E-state index contributed by atoms with van der Waals surface area (Å²) in [5.74, 6) is 0.816. The number of aryl methyl sites for hydroxylation is 1. The summed E-state index contributed by atoms with van der Waals surface area (Å²) in [4.78, 5) is 12.1. The standard InChI is InChI=1S/C16H22N4O2/c1-13(2)22-11-10-16-17-18-19-20(16)12-15(21)9-8-14-6-4-3-5-7-14/h3-7,13H,8-12H2,1-2H3. The molecule has 0 amide bonds. The maximum absolute atomic E-state index is 12.1. The first-order chi connectivity index (χ1) is 10.6. The van der Waals surface area contributed by atoms with Gasteiger partial charge in [0, 0.05) is 12.8 Å². The average molecular weight is 302 g/mol. The summed E-state index contributed by atoms with van der Waals surface area (Å²) >= 11 is 0. The molecule has 0 radical (unpaired) electrons. The summed E-state index contributed by atoms with van der Waals surface area (Å²) in [5.41, 5.74) is 1.16. The van der Waals surface area contributed by atoms with Crippen LogP contribution in [0.2, 0.25) is 0 Å². The number of nitrogens with zero attached hydrogens (tertiary/aromatic N) is 4. The van der Waals surface area contributed by atoms with E-state index in [1.54, 1.807) is 4.68 Å². The molecule has 2 rings (SSSR count). The van der Waals surface area contributed by atoms with E-state index >= 15 is 0 Å². The van der Waals surface area contributed by atoms with Gasteiger partial charge >= 0.3 is 0 Å². The van der Waals surface area contributed by atoms with E-state index in [0.29, 0.717) is 25.3 Å². The Morgan fingerprint density at radius 3 is 2.73 bits per heavy atom. The molecule has 0 saturated carbocycles. The molecular formula is C16H22N4O2. The molecule has 6 heteroatoms. The zero-order valence-electron chi connectivity index (χ0n) is 13.1. The fraction of sp³-hybridized carbons (Fsp3) is 0.500. The zero-order valence-corrected chi connectivity index (χ0v) is 13.1. The van der Waals surface area contributed by atoms with Crippen molar-refractivity contribution in [2.45, 2.75) is 45.8 Å². The molecule has 1 aromatic carbocycles. The van der Waals surface area contributed by atoms with Crippen molar-refractivity contribution in [3.63, 3.8) is 0 Å². The van der Waals surface area contributed by atoms with E-state index in [2.05, 4.69) is 15.5 Å². The topological polar surface area (TPSA) is 69.9 Å². The Morgan fingerprint density at radius 2 is 2.00 bits per heavy atom. The zero-order chi connectivity index (χ0) is 15.8. The fourth-order valence-electron chi connectivity index (χ4n) is 2.09. The first-order valence-corrected chi connectivity index (χ1v) is 7.57. The third kappa shape index (κ3) is 5.37. The number of carbonyl (C=O) groups excluding carboxylic acids is 1. The van der Waals surface area contributed by atoms with Crippen LogP contribution in [0.4, 0.5) is 0 Å². The summed E-state index contributed by atoms with van der Waals surface area (Å²) in [7, 11) is 0. The Morgan fingerprint density at radius 1 is 1.23 bits per heavy atom. The fourth-order valence-corrected chi connectivity index (χ4v) is 2.09. The number of hydrogen-bond donors (Lipinski definition) is 0. The molecule has 1 heterocycles. The lowest BCUT2D eigenvalue weighted by atomic mass is 10.1. The van der Waals surface area contributed by atoms with Crippen molar-refractivity contribution in [2.24, 2.45) is 0 Å². The number of benzene rings is 1. The molecule has 118 valence electrons. The van der Waals surface area contributed by atoms with Gasteiger partial charge in [-0.25, -0.2) is 4.68 Å². The van der Waals surface area contributed by atoms with E-state index in [0.717, 1.165) is 12.0 Å². The molecule has 0 N–H and O–H groups in total. The van der Waals surface area contributed by atoms with Gasteiger partial charge < -0.3 is 4.74 Å². The average Bonchev–Trinajstić information content (AvgIpc) is 2.93. The molecule has 6 nitrogen and oxygen atoms in total. The molecule has 0 aliphatic heterocycles. The van der Waals surface area contributed by atoms with Crippen LogP contribution in [0.25, 0.3) is 0 Å². The highest BCUT2D eigenvalue weighted by Crippen LogP contribution is 2.04. The van der Waals surface area contributed by atoms with Crippen molar-refractivity contribution < 1.29 is 9.53 Å². The Bertz CT molecular complexity index is 581. The van der Waals surface area contributed by atoms with Crippen LogP contribution in [0.3, 0.4) is 0 Å². The van der Waals surface area contributed by atoms with Gasteiger partial charge in [0.25, 0.3) is 0 Å². The second kappa shape index (κ2) is 8.38. The van der Waals surface area contributed by atoms with Crippen molar-refractivity contribution >= 4 is 5.78 Å². The van der Waals surface area contributed by atoms with Gasteiger partial charge in [-0.2, -0.15) is 0 Å². The molecule has 0 fully saturated rings. The summed E-state index contributed by atoms with van der Waals surface area (Å²) in [6.07, 6.45) is 2.02. The number of ketones is 1. The number of Topliss-reactive ketones (excluding diaryl/α,β-unsaturated/α-hetero) is 1. The smallest absolute Gasteiger partial charge is 0.154 e. The monoisotopic (exact) mass is 302 g/mol. The molecule has 0 saturated heterocycles. The van der Waals surface area contributed by atoms with Crippen LogP contribution in [0.1, 0.15) is 31.7 Å². The largest absolute Gasteiger partial charge is 0.378 e. The summed E-state index contributed by atoms with van der Waals surface area (Å²) in [6, 6.07) is 9.98. The molecule has 0 aliphatic rings. The molecule has 22 heavy (non-hydrogen) atoms. The highest BCUT2D eigenvalue weighted by Gasteiger charge is 2.11. The van der Waals surface area contributed by atoms with Gasteiger partial charge in [-0.1, -0.05) is 30.3 Å². The van der Waals surface area contributed by atoms with Crippen molar-refractivity contribution in [1.29, 1.82) is 0 Å². The predicted octanol–water partition coefficient (Wildman–Crippen LogP) is 1.84. The van der Waals surface area contributed by atoms with Gasteiger partial charge in [0.05, 0.1) is 12.7 Å². The van der Waals surface area contributed by atoms with Gasteiger partial charge in [0.15, 0.2) is 11.6 Å². The van der Waals surface area contributed by atoms with Gasteiger partial charge in [0.2, 0.25) is 0 Å². The van der Waals surface area contributed by atoms with Crippen LogP contribution in [0.5, 0.6) is 0 Å². The number of tetrazole rings is 1. The van der Waals surface area contributed by atoms with Crippen molar-refractivity contribution in [3.8, 4) is 0 Å². The van der Waals surface area contributed by atoms with E-state index in [1.807, 2.05) is 44.2 Å². The SMILES string of the molecule is CC(C)OCCc1nnnn1CC(=O)CCc1ccccc1. The minimum absolute atomic E-state index is 0.127. The van der Waals surface area contributed by atoms with Crippen LogP contribution >= 0.6 is 0 Å². The number of rotatable bonds is 9. The number of aromatic nitrogens is 4. The van der Waals surface area contributed by atoms with E-state index in [4.69, 9.17) is 4.74 Å². The summed E-state index contributed by atoms with van der Waals surface area (Å²) in [5, 5.41) is 11.5. The lowest BCUT2D eigenvalue weighted by molar-refractivity contribution is -0.119. The van der Waals surface area contributed by atoms with Crippen LogP contribution in [0, 0.1) is 0 Å². The van der Waals surface area contributed by atoms with Crippen molar-refractivity contribution in [3.05, 3.63) is 41.7 Å². The second-order valence-electron chi connectivity index (χ2n) is 5.45. The maximum Gasteiger partial charge on any atom is 0.154 e. The molecule has 1 aromatic heterocycles. The van der Waals surface area contributed by atoms with Crippen LogP contribution in [-0.2, 0) is 28.9 Å². The molecule has 0 bridgehead atoms. The Labute approximate surface area is 130 Å². The molecule has 0 spiro atoms. The van der Waals surface area contributed by atoms with E-state index < -0.39 is 0 Å². The summed E-state index contributed by atoms with van der Waals surface area (Å²) in [6.45, 7) is 4.74. The predicted molar refractivity (Wildman–Crippen MR) is 82.4 cm³/mol. The number of carbonyl (C=O) groups is 1. The Hall–Kier alpha value is -2.08. The number of hydrogen-bond acceptors (Lipinski definition) is 5. The van der Waals surface area contributed by atoms with Crippen molar-refractivity contribution in [2.75, 3.05) is 6.61 Å². The Balaban J connectivity index is 1.80. The van der Waals surface area contributed by atoms with Gasteiger partial charge in [0.1, 0.15) is 6.54 Å². The van der Waals surface area contributed by atoms with E-state index in [9.17, 15) is 4.79 Å². The molecule has 0 unspecified atom stereocenters. The van der Waals surface area contributed by atoms with Gasteiger partial charge in [-0.3, -0.25) is 4.79 Å². The first kappa shape index (κ1) is 16.3. The highest BCUT2D eigenvalue weighted by atomic mass is 16.5. The van der Waals surface area contributed by atoms with E-state index in [1.165, 1.54) is 0 Å². The van der Waals surface area contributed by atoms with Crippen molar-refractivity contribution in [1.82, 2.24) is 20.2 Å².